The molecule has 8 heteroatoms. The van der Waals surface area contributed by atoms with E-state index in [0.717, 1.165) is 5.82 Å². The number of H-pyrrole nitrogens is 1. The molecule has 2 amide bonds. The van der Waals surface area contributed by atoms with Gasteiger partial charge in [0.25, 0.3) is 5.91 Å². The summed E-state index contributed by atoms with van der Waals surface area (Å²) < 4.78 is 0. The maximum absolute atomic E-state index is 13.0. The number of rotatable bonds is 7. The summed E-state index contributed by atoms with van der Waals surface area (Å²) in [6, 6.07) is 4.86. The van der Waals surface area contributed by atoms with Crippen LogP contribution >= 0.6 is 0 Å². The molecule has 3 heterocycles. The first-order valence-corrected chi connectivity index (χ1v) is 9.35. The second-order valence-electron chi connectivity index (χ2n) is 6.61. The van der Waals surface area contributed by atoms with E-state index in [1.165, 1.54) is 0 Å². The van der Waals surface area contributed by atoms with Gasteiger partial charge in [-0.3, -0.25) is 19.5 Å². The van der Waals surface area contributed by atoms with Gasteiger partial charge >= 0.3 is 0 Å². The lowest BCUT2D eigenvalue weighted by Gasteiger charge is -2.28. The van der Waals surface area contributed by atoms with E-state index < -0.39 is 0 Å². The van der Waals surface area contributed by atoms with Crippen LogP contribution < -0.4 is 5.32 Å². The molecule has 1 fully saturated rings. The largest absolute Gasteiger partial charge is 0.348 e. The predicted octanol–water partition coefficient (Wildman–Crippen LogP) is 1.05. The molecule has 1 saturated heterocycles. The number of aromatic nitrogens is 3. The van der Waals surface area contributed by atoms with Crippen LogP contribution in [0.25, 0.3) is 0 Å². The van der Waals surface area contributed by atoms with Crippen molar-refractivity contribution in [2.24, 2.45) is 0 Å². The first-order valence-electron chi connectivity index (χ1n) is 9.35. The average Bonchev–Trinajstić information content (AvgIpc) is 3.33. The van der Waals surface area contributed by atoms with Crippen molar-refractivity contribution in [2.75, 3.05) is 19.6 Å². The molecule has 2 aromatic heterocycles. The van der Waals surface area contributed by atoms with Gasteiger partial charge in [0.2, 0.25) is 5.91 Å². The Morgan fingerprint density at radius 2 is 2.07 bits per heavy atom. The van der Waals surface area contributed by atoms with Gasteiger partial charge in [-0.15, -0.1) is 0 Å². The van der Waals surface area contributed by atoms with Crippen LogP contribution in [-0.2, 0) is 11.3 Å². The van der Waals surface area contributed by atoms with Crippen molar-refractivity contribution in [3.8, 4) is 0 Å². The van der Waals surface area contributed by atoms with Crippen LogP contribution in [0.3, 0.4) is 0 Å². The van der Waals surface area contributed by atoms with Crippen LogP contribution in [0.1, 0.15) is 36.6 Å². The molecule has 3 rings (SSSR count). The number of pyridine rings is 1. The lowest BCUT2D eigenvalue weighted by molar-refractivity contribution is -0.135. The summed E-state index contributed by atoms with van der Waals surface area (Å²) in [5, 5.41) is 3.02. The van der Waals surface area contributed by atoms with E-state index in [-0.39, 0.29) is 23.9 Å². The number of nitrogens with zero attached hydrogens (tertiary/aromatic N) is 4. The van der Waals surface area contributed by atoms with Gasteiger partial charge in [-0.2, -0.15) is 0 Å². The fourth-order valence-corrected chi connectivity index (χ4v) is 3.52. The van der Waals surface area contributed by atoms with Gasteiger partial charge in [0.1, 0.15) is 11.5 Å². The van der Waals surface area contributed by atoms with E-state index >= 15 is 0 Å². The predicted molar refractivity (Wildman–Crippen MR) is 101 cm³/mol. The number of hydrogen-bond donors (Lipinski definition) is 2. The monoisotopic (exact) mass is 370 g/mol. The van der Waals surface area contributed by atoms with Gasteiger partial charge in [0.15, 0.2) is 0 Å². The van der Waals surface area contributed by atoms with Crippen molar-refractivity contribution in [3.05, 3.63) is 48.3 Å². The van der Waals surface area contributed by atoms with Crippen molar-refractivity contribution in [1.82, 2.24) is 30.1 Å². The average molecular weight is 370 g/mol. The van der Waals surface area contributed by atoms with Crippen LogP contribution in [0.2, 0.25) is 0 Å². The van der Waals surface area contributed by atoms with E-state index in [4.69, 9.17) is 0 Å². The van der Waals surface area contributed by atoms with Gasteiger partial charge in [-0.1, -0.05) is 6.07 Å². The van der Waals surface area contributed by atoms with Crippen LogP contribution in [0, 0.1) is 0 Å². The Balaban J connectivity index is 1.72. The molecule has 1 aliphatic rings. The van der Waals surface area contributed by atoms with Gasteiger partial charge in [0.05, 0.1) is 12.6 Å². The Bertz CT molecular complexity index is 745. The zero-order valence-corrected chi connectivity index (χ0v) is 15.8. The van der Waals surface area contributed by atoms with Crippen molar-refractivity contribution in [2.45, 2.75) is 38.9 Å². The van der Waals surface area contributed by atoms with Gasteiger partial charge in [0, 0.05) is 44.3 Å². The highest BCUT2D eigenvalue weighted by Gasteiger charge is 2.39. The SMILES string of the molecule is CCN(CC)C(=O)[C@@H]1C[C@H](NC(=O)c2ccccn2)CN1Cc1ncc[nH]1. The topological polar surface area (TPSA) is 94.2 Å². The van der Waals surface area contributed by atoms with E-state index in [1.54, 1.807) is 36.8 Å². The second kappa shape index (κ2) is 8.77. The first kappa shape index (κ1) is 19.0. The Kier molecular flexibility index (Phi) is 6.18. The Hall–Kier alpha value is -2.74. The van der Waals surface area contributed by atoms with Gasteiger partial charge in [-0.05, 0) is 32.4 Å². The third-order valence-corrected chi connectivity index (χ3v) is 4.90. The zero-order valence-electron chi connectivity index (χ0n) is 15.8. The molecule has 0 aromatic carbocycles. The minimum atomic E-state index is -0.274. The van der Waals surface area contributed by atoms with E-state index in [2.05, 4.69) is 25.2 Å². The molecule has 2 atom stereocenters. The highest BCUT2D eigenvalue weighted by molar-refractivity contribution is 5.92. The molecular formula is C19H26N6O2. The number of likely N-dealkylation sites (N-methyl/N-ethyl adjacent to an activating group) is 1. The Morgan fingerprint density at radius 1 is 1.26 bits per heavy atom. The third kappa shape index (κ3) is 4.51. The fraction of sp³-hybridized carbons (Fsp3) is 0.474. The number of carbonyl (C=O) groups excluding carboxylic acids is 2. The van der Waals surface area contributed by atoms with E-state index in [1.807, 2.05) is 18.7 Å². The van der Waals surface area contributed by atoms with Crippen molar-refractivity contribution >= 4 is 11.8 Å². The molecule has 0 radical (unpaired) electrons. The molecule has 0 saturated carbocycles. The summed E-state index contributed by atoms with van der Waals surface area (Å²) >= 11 is 0. The normalized spacial score (nSPS) is 19.8. The summed E-state index contributed by atoms with van der Waals surface area (Å²) in [5.41, 5.74) is 0.383. The molecule has 27 heavy (non-hydrogen) atoms. The number of aromatic amines is 1. The maximum atomic E-state index is 13.0. The van der Waals surface area contributed by atoms with Crippen molar-refractivity contribution in [3.63, 3.8) is 0 Å². The highest BCUT2D eigenvalue weighted by Crippen LogP contribution is 2.22. The lowest BCUT2D eigenvalue weighted by Crippen LogP contribution is -2.45. The molecular weight excluding hydrogens is 344 g/mol. The molecule has 0 aliphatic carbocycles. The van der Waals surface area contributed by atoms with E-state index in [0.29, 0.717) is 38.3 Å². The second-order valence-corrected chi connectivity index (χ2v) is 6.61. The third-order valence-electron chi connectivity index (χ3n) is 4.90. The Labute approximate surface area is 159 Å². The molecule has 144 valence electrons. The fourth-order valence-electron chi connectivity index (χ4n) is 3.52. The number of hydrogen-bond acceptors (Lipinski definition) is 5. The zero-order chi connectivity index (χ0) is 19.2. The smallest absolute Gasteiger partial charge is 0.270 e. The summed E-state index contributed by atoms with van der Waals surface area (Å²) in [7, 11) is 0. The molecule has 1 aliphatic heterocycles. The molecule has 0 unspecified atom stereocenters. The number of likely N-dealkylation sites (tertiary alicyclic amines) is 1. The molecule has 8 nitrogen and oxygen atoms in total. The van der Waals surface area contributed by atoms with Crippen LogP contribution in [0.15, 0.2) is 36.8 Å². The lowest BCUT2D eigenvalue weighted by atomic mass is 10.1. The summed E-state index contributed by atoms with van der Waals surface area (Å²) in [4.78, 5) is 40.8. The van der Waals surface area contributed by atoms with Crippen molar-refractivity contribution < 1.29 is 9.59 Å². The number of nitrogens with one attached hydrogen (secondary N) is 2. The van der Waals surface area contributed by atoms with Crippen LogP contribution in [-0.4, -0.2) is 68.3 Å². The van der Waals surface area contributed by atoms with Crippen LogP contribution in [0.4, 0.5) is 0 Å². The van der Waals surface area contributed by atoms with Crippen LogP contribution in [0.5, 0.6) is 0 Å². The van der Waals surface area contributed by atoms with Crippen molar-refractivity contribution in [1.29, 1.82) is 0 Å². The highest BCUT2D eigenvalue weighted by atomic mass is 16.2. The molecule has 2 N–H and O–H groups in total. The minimum absolute atomic E-state index is 0.0983. The summed E-state index contributed by atoms with van der Waals surface area (Å²) in [6.45, 7) is 6.44. The number of carbonyl (C=O) groups is 2. The molecule has 0 bridgehead atoms. The standard InChI is InChI=1S/C19H26N6O2/c1-3-24(4-2)19(27)16-11-14(12-25(16)13-17-21-9-10-22-17)23-18(26)15-7-5-6-8-20-15/h5-10,14,16H,3-4,11-13H2,1-2H3,(H,21,22)(H,23,26)/t14-,16-/m0/s1. The summed E-state index contributed by atoms with van der Waals surface area (Å²) in [6.07, 6.45) is 5.65. The quantitative estimate of drug-likeness (QED) is 0.760. The molecule has 0 spiro atoms. The van der Waals surface area contributed by atoms with Gasteiger partial charge < -0.3 is 15.2 Å². The maximum Gasteiger partial charge on any atom is 0.270 e. The number of imidazole rings is 1. The summed E-state index contributed by atoms with van der Waals surface area (Å²) in [5.74, 6) is 0.694. The molecule has 2 aromatic rings. The Morgan fingerprint density at radius 3 is 2.70 bits per heavy atom. The number of amides is 2. The minimum Gasteiger partial charge on any atom is -0.348 e. The first-order chi connectivity index (χ1) is 13.1. The van der Waals surface area contributed by atoms with E-state index in [9.17, 15) is 9.59 Å². The van der Waals surface area contributed by atoms with Gasteiger partial charge in [-0.25, -0.2) is 4.98 Å².